The van der Waals surface area contributed by atoms with E-state index in [0.717, 1.165) is 30.8 Å². The van der Waals surface area contributed by atoms with Gasteiger partial charge < -0.3 is 10.6 Å². The number of amides is 1. The molecule has 0 saturated carbocycles. The molecule has 0 radical (unpaired) electrons. The summed E-state index contributed by atoms with van der Waals surface area (Å²) in [6.07, 6.45) is 3.52. The van der Waals surface area contributed by atoms with Crippen molar-refractivity contribution in [1.29, 1.82) is 0 Å². The summed E-state index contributed by atoms with van der Waals surface area (Å²) in [5, 5.41) is 12.5. The highest BCUT2D eigenvalue weighted by atomic mass is 16.2. The molecule has 76 valence electrons. The van der Waals surface area contributed by atoms with Gasteiger partial charge in [-0.15, -0.1) is 0 Å². The number of aryl methyl sites for hydroxylation is 1. The average molecular weight is 194 g/mol. The summed E-state index contributed by atoms with van der Waals surface area (Å²) < 4.78 is 0. The maximum Gasteiger partial charge on any atom is 0.242 e. The molecule has 5 heteroatoms. The number of carbonyl (C=O) groups is 1. The molecule has 0 spiro atoms. The average Bonchev–Trinajstić information content (AvgIpc) is 2.48. The van der Waals surface area contributed by atoms with E-state index in [1.807, 2.05) is 6.92 Å². The van der Waals surface area contributed by atoms with Crippen LogP contribution in [0, 0.1) is 0 Å². The van der Waals surface area contributed by atoms with Crippen LogP contribution in [0.3, 0.4) is 0 Å². The predicted molar refractivity (Wildman–Crippen MR) is 53.0 cm³/mol. The predicted octanol–water partition coefficient (Wildman–Crippen LogP) is 0.272. The van der Waals surface area contributed by atoms with Crippen LogP contribution in [0.25, 0.3) is 0 Å². The molecule has 2 heterocycles. The van der Waals surface area contributed by atoms with Gasteiger partial charge in [-0.2, -0.15) is 5.10 Å². The third-order valence-electron chi connectivity index (χ3n) is 2.49. The van der Waals surface area contributed by atoms with E-state index < -0.39 is 0 Å². The van der Waals surface area contributed by atoms with Gasteiger partial charge in [0.1, 0.15) is 5.82 Å². The number of anilines is 1. The molecule has 1 aromatic heterocycles. The highest BCUT2D eigenvalue weighted by Gasteiger charge is 2.25. The second kappa shape index (κ2) is 3.79. The van der Waals surface area contributed by atoms with Crippen molar-refractivity contribution in [2.24, 2.45) is 0 Å². The molecule has 2 rings (SSSR count). The summed E-state index contributed by atoms with van der Waals surface area (Å²) in [4.78, 5) is 11.5. The van der Waals surface area contributed by atoms with Crippen LogP contribution < -0.4 is 10.6 Å². The van der Waals surface area contributed by atoms with Crippen molar-refractivity contribution in [3.8, 4) is 0 Å². The van der Waals surface area contributed by atoms with E-state index in [1.165, 1.54) is 0 Å². The lowest BCUT2D eigenvalue weighted by Gasteiger charge is -2.26. The summed E-state index contributed by atoms with van der Waals surface area (Å²) in [5.41, 5.74) is 1.04. The van der Waals surface area contributed by atoms with Crippen LogP contribution >= 0.6 is 0 Å². The molecular formula is C9H14N4O. The Balaban J connectivity index is 1.99. The fourth-order valence-corrected chi connectivity index (χ4v) is 1.41. The van der Waals surface area contributed by atoms with Gasteiger partial charge in [-0.25, -0.2) is 0 Å². The number of aromatic nitrogens is 2. The smallest absolute Gasteiger partial charge is 0.242 e. The Morgan fingerprint density at radius 3 is 3.14 bits per heavy atom. The Kier molecular flexibility index (Phi) is 2.49. The molecule has 1 atom stereocenters. The SMILES string of the molecule is CCc1cn[nH]c1NC(=O)C1CCN1. The Bertz CT molecular complexity index is 329. The van der Waals surface area contributed by atoms with Gasteiger partial charge in [0.25, 0.3) is 0 Å². The van der Waals surface area contributed by atoms with E-state index in [-0.39, 0.29) is 11.9 Å². The third kappa shape index (κ3) is 1.63. The molecule has 3 N–H and O–H groups in total. The van der Waals surface area contributed by atoms with Gasteiger partial charge in [0.05, 0.1) is 12.2 Å². The minimum absolute atomic E-state index is 0.0233. The molecule has 1 amide bonds. The Labute approximate surface area is 82.3 Å². The number of carbonyl (C=O) groups excluding carboxylic acids is 1. The van der Waals surface area contributed by atoms with Crippen molar-refractivity contribution < 1.29 is 4.79 Å². The summed E-state index contributed by atoms with van der Waals surface area (Å²) in [5.74, 6) is 0.751. The standard InChI is InChI=1S/C9H14N4O/c1-2-6-5-11-13-8(6)12-9(14)7-3-4-10-7/h5,7,10H,2-4H2,1H3,(H2,11,12,13,14). The maximum absolute atomic E-state index is 11.5. The van der Waals surface area contributed by atoms with Crippen LogP contribution in [0.1, 0.15) is 18.9 Å². The first-order chi connectivity index (χ1) is 6.81. The van der Waals surface area contributed by atoms with Crippen LogP contribution in [0.15, 0.2) is 6.20 Å². The number of hydrogen-bond acceptors (Lipinski definition) is 3. The molecule has 1 saturated heterocycles. The third-order valence-corrected chi connectivity index (χ3v) is 2.49. The van der Waals surface area contributed by atoms with E-state index in [1.54, 1.807) is 6.20 Å². The van der Waals surface area contributed by atoms with Gasteiger partial charge in [0.2, 0.25) is 5.91 Å². The maximum atomic E-state index is 11.5. The van der Waals surface area contributed by atoms with Gasteiger partial charge in [0.15, 0.2) is 0 Å². The molecule has 0 bridgehead atoms. The van der Waals surface area contributed by atoms with E-state index in [9.17, 15) is 4.79 Å². The number of rotatable bonds is 3. The van der Waals surface area contributed by atoms with Crippen LogP contribution in [0.5, 0.6) is 0 Å². The van der Waals surface area contributed by atoms with Crippen LogP contribution in [0.2, 0.25) is 0 Å². The summed E-state index contributed by atoms with van der Waals surface area (Å²) in [6, 6.07) is -0.0250. The monoisotopic (exact) mass is 194 g/mol. The van der Waals surface area contributed by atoms with Gasteiger partial charge in [-0.1, -0.05) is 6.92 Å². The molecular weight excluding hydrogens is 180 g/mol. The van der Waals surface area contributed by atoms with Crippen LogP contribution in [-0.4, -0.2) is 28.7 Å². The zero-order valence-corrected chi connectivity index (χ0v) is 8.13. The quantitative estimate of drug-likeness (QED) is 0.647. The van der Waals surface area contributed by atoms with Crippen molar-refractivity contribution in [3.05, 3.63) is 11.8 Å². The van der Waals surface area contributed by atoms with E-state index in [2.05, 4.69) is 20.8 Å². The van der Waals surface area contributed by atoms with Gasteiger partial charge in [0, 0.05) is 5.56 Å². The topological polar surface area (TPSA) is 69.8 Å². The van der Waals surface area contributed by atoms with E-state index >= 15 is 0 Å². The van der Waals surface area contributed by atoms with Crippen molar-refractivity contribution in [1.82, 2.24) is 15.5 Å². The molecule has 5 nitrogen and oxygen atoms in total. The first kappa shape index (κ1) is 9.21. The molecule has 1 aromatic rings. The lowest BCUT2D eigenvalue weighted by Crippen LogP contribution is -2.50. The van der Waals surface area contributed by atoms with Crippen LogP contribution in [-0.2, 0) is 11.2 Å². The van der Waals surface area contributed by atoms with Gasteiger partial charge in [-0.3, -0.25) is 9.89 Å². The summed E-state index contributed by atoms with van der Waals surface area (Å²) >= 11 is 0. The molecule has 1 unspecified atom stereocenters. The highest BCUT2D eigenvalue weighted by Crippen LogP contribution is 2.13. The number of nitrogens with one attached hydrogen (secondary N) is 3. The number of hydrogen-bond donors (Lipinski definition) is 3. The molecule has 14 heavy (non-hydrogen) atoms. The second-order valence-corrected chi connectivity index (χ2v) is 3.41. The van der Waals surface area contributed by atoms with E-state index in [4.69, 9.17) is 0 Å². The second-order valence-electron chi connectivity index (χ2n) is 3.41. The number of H-pyrrole nitrogens is 1. The molecule has 0 aromatic carbocycles. The minimum atomic E-state index is -0.0250. The first-order valence-corrected chi connectivity index (χ1v) is 4.87. The fraction of sp³-hybridized carbons (Fsp3) is 0.556. The number of nitrogens with zero attached hydrogens (tertiary/aromatic N) is 1. The first-order valence-electron chi connectivity index (χ1n) is 4.87. The van der Waals surface area contributed by atoms with Crippen molar-refractivity contribution in [2.45, 2.75) is 25.8 Å². The molecule has 0 aliphatic carbocycles. The zero-order chi connectivity index (χ0) is 9.97. The number of aromatic amines is 1. The van der Waals surface area contributed by atoms with E-state index in [0.29, 0.717) is 0 Å². The zero-order valence-electron chi connectivity index (χ0n) is 8.13. The summed E-state index contributed by atoms with van der Waals surface area (Å²) in [6.45, 7) is 2.96. The van der Waals surface area contributed by atoms with Gasteiger partial charge in [-0.05, 0) is 19.4 Å². The molecule has 1 aliphatic heterocycles. The van der Waals surface area contributed by atoms with Crippen LogP contribution in [0.4, 0.5) is 5.82 Å². The lowest BCUT2D eigenvalue weighted by atomic mass is 10.1. The highest BCUT2D eigenvalue weighted by molar-refractivity contribution is 5.95. The Morgan fingerprint density at radius 2 is 2.57 bits per heavy atom. The minimum Gasteiger partial charge on any atom is -0.309 e. The van der Waals surface area contributed by atoms with Crippen molar-refractivity contribution >= 4 is 11.7 Å². The van der Waals surface area contributed by atoms with Gasteiger partial charge >= 0.3 is 0 Å². The lowest BCUT2D eigenvalue weighted by molar-refractivity contribution is -0.119. The largest absolute Gasteiger partial charge is 0.309 e. The molecule has 1 fully saturated rings. The normalized spacial score (nSPS) is 20.2. The summed E-state index contributed by atoms with van der Waals surface area (Å²) in [7, 11) is 0. The Morgan fingerprint density at radius 1 is 1.79 bits per heavy atom. The van der Waals surface area contributed by atoms with Crippen molar-refractivity contribution in [3.63, 3.8) is 0 Å². The Hall–Kier alpha value is -1.36. The van der Waals surface area contributed by atoms with Crippen molar-refractivity contribution in [2.75, 3.05) is 11.9 Å². The fourth-order valence-electron chi connectivity index (χ4n) is 1.41. The molecule has 1 aliphatic rings.